The topological polar surface area (TPSA) is 108 Å². The van der Waals surface area contributed by atoms with Gasteiger partial charge in [0.05, 0.1) is 5.69 Å². The van der Waals surface area contributed by atoms with Crippen LogP contribution in [-0.4, -0.2) is 61.4 Å². The first-order chi connectivity index (χ1) is 14.5. The lowest BCUT2D eigenvalue weighted by atomic mass is 9.96. The van der Waals surface area contributed by atoms with Gasteiger partial charge in [-0.05, 0) is 49.4 Å². The number of piperidine rings is 2. The molecule has 1 aromatic carbocycles. The molecule has 4 N–H and O–H groups in total. The summed E-state index contributed by atoms with van der Waals surface area (Å²) in [4.78, 5) is 39.9. The number of anilines is 1. The number of hydrogen-bond donors (Lipinski definition) is 3. The van der Waals surface area contributed by atoms with Crippen LogP contribution >= 0.6 is 0 Å². The molecule has 3 amide bonds. The monoisotopic (exact) mass is 417 g/mol. The first kappa shape index (κ1) is 20.7. The summed E-state index contributed by atoms with van der Waals surface area (Å²) in [5.41, 5.74) is 7.06. The molecule has 1 unspecified atom stereocenters. The highest BCUT2D eigenvalue weighted by Gasteiger charge is 2.39. The van der Waals surface area contributed by atoms with E-state index < -0.39 is 17.8 Å². The van der Waals surface area contributed by atoms with Crippen molar-refractivity contribution in [1.29, 1.82) is 0 Å². The molecule has 0 saturated carbocycles. The fourth-order valence-electron chi connectivity index (χ4n) is 4.60. The van der Waals surface area contributed by atoms with Crippen molar-refractivity contribution in [2.24, 2.45) is 11.7 Å². The largest absolute Gasteiger partial charge is 0.369 e. The normalized spacial score (nSPS) is 22.5. The van der Waals surface area contributed by atoms with Gasteiger partial charge in [-0.2, -0.15) is 0 Å². The quantitative estimate of drug-likeness (QED) is 0.456. The highest BCUT2D eigenvalue weighted by Crippen LogP contribution is 2.34. The lowest BCUT2D eigenvalue weighted by Crippen LogP contribution is -2.52. The Morgan fingerprint density at radius 2 is 1.93 bits per heavy atom. The molecule has 0 bridgehead atoms. The number of carbonyl (C=O) groups excluding carboxylic acids is 3. The minimum absolute atomic E-state index is 0.200. The predicted molar refractivity (Wildman–Crippen MR) is 109 cm³/mol. The lowest BCUT2D eigenvalue weighted by molar-refractivity contribution is -0.136. The molecule has 0 radical (unpaired) electrons. The Kier molecular flexibility index (Phi) is 6.01. The molecule has 1 atom stereocenters. The molecule has 2 fully saturated rings. The number of carbonyl (C=O) groups is 3. The molecular formula is C21H28FN5O3. The van der Waals surface area contributed by atoms with Gasteiger partial charge in [-0.25, -0.2) is 4.39 Å². The van der Waals surface area contributed by atoms with Crippen molar-refractivity contribution < 1.29 is 18.8 Å². The summed E-state index contributed by atoms with van der Waals surface area (Å²) in [6.45, 7) is 4.12. The maximum atomic E-state index is 14.9. The average molecular weight is 417 g/mol. The highest BCUT2D eigenvalue weighted by atomic mass is 19.1. The van der Waals surface area contributed by atoms with Gasteiger partial charge in [-0.15, -0.1) is 0 Å². The Morgan fingerprint density at radius 3 is 2.63 bits per heavy atom. The zero-order valence-corrected chi connectivity index (χ0v) is 17.0. The van der Waals surface area contributed by atoms with E-state index >= 15 is 0 Å². The zero-order chi connectivity index (χ0) is 21.3. The van der Waals surface area contributed by atoms with Gasteiger partial charge in [0.25, 0.3) is 5.91 Å². The predicted octanol–water partition coefficient (Wildman–Crippen LogP) is 0.351. The van der Waals surface area contributed by atoms with Crippen LogP contribution in [0.4, 0.5) is 10.1 Å². The van der Waals surface area contributed by atoms with Gasteiger partial charge in [0.2, 0.25) is 11.8 Å². The Hall–Kier alpha value is -2.52. The number of rotatable bonds is 6. The van der Waals surface area contributed by atoms with Gasteiger partial charge in [-0.1, -0.05) is 0 Å². The van der Waals surface area contributed by atoms with Gasteiger partial charge >= 0.3 is 0 Å². The van der Waals surface area contributed by atoms with E-state index in [4.69, 9.17) is 5.73 Å². The summed E-state index contributed by atoms with van der Waals surface area (Å²) < 4.78 is 14.9. The van der Waals surface area contributed by atoms with Crippen LogP contribution in [-0.2, 0) is 16.1 Å². The summed E-state index contributed by atoms with van der Waals surface area (Å²) >= 11 is 0. The van der Waals surface area contributed by atoms with Crippen LogP contribution in [0.5, 0.6) is 0 Å². The first-order valence-corrected chi connectivity index (χ1v) is 10.6. The molecule has 3 heterocycles. The number of imide groups is 1. The molecule has 0 spiro atoms. The molecule has 3 aliphatic heterocycles. The Morgan fingerprint density at radius 1 is 1.17 bits per heavy atom. The standard InChI is InChI=1S/C21H28FN5O3/c22-16-10-15-14(12-27(21(15)30)17-1-2-19(28)25-20(17)29)9-18(16)26-7-3-13(4-8-26)11-24-6-5-23/h9-10,13,17,24H,1-8,11-12,23H2,(H,25,28,29). The Bertz CT molecular complexity index is 853. The van der Waals surface area contributed by atoms with Crippen LogP contribution in [0.1, 0.15) is 41.6 Å². The third-order valence-corrected chi connectivity index (χ3v) is 6.30. The molecular weight excluding hydrogens is 389 g/mol. The smallest absolute Gasteiger partial charge is 0.255 e. The van der Waals surface area contributed by atoms with Crippen LogP contribution in [0.15, 0.2) is 12.1 Å². The van der Waals surface area contributed by atoms with Crippen molar-refractivity contribution in [1.82, 2.24) is 15.5 Å². The maximum Gasteiger partial charge on any atom is 0.255 e. The summed E-state index contributed by atoms with van der Waals surface area (Å²) in [7, 11) is 0. The van der Waals surface area contributed by atoms with Gasteiger partial charge < -0.3 is 20.9 Å². The Labute approximate surface area is 174 Å². The molecule has 3 aliphatic rings. The second-order valence-electron chi connectivity index (χ2n) is 8.28. The molecule has 1 aromatic rings. The van der Waals surface area contributed by atoms with E-state index in [1.807, 2.05) is 4.90 Å². The van der Waals surface area contributed by atoms with Gasteiger partial charge in [0, 0.05) is 44.7 Å². The van der Waals surface area contributed by atoms with Crippen molar-refractivity contribution in [2.75, 3.05) is 37.6 Å². The van der Waals surface area contributed by atoms with Crippen LogP contribution in [0, 0.1) is 11.7 Å². The van der Waals surface area contributed by atoms with Crippen molar-refractivity contribution >= 4 is 23.4 Å². The number of halogens is 1. The minimum Gasteiger partial charge on any atom is -0.369 e. The average Bonchev–Trinajstić information content (AvgIpc) is 3.04. The van der Waals surface area contributed by atoms with E-state index in [1.165, 1.54) is 11.0 Å². The fraction of sp³-hybridized carbons (Fsp3) is 0.571. The summed E-state index contributed by atoms with van der Waals surface area (Å²) in [6.07, 6.45) is 2.43. The van der Waals surface area contributed by atoms with Crippen LogP contribution < -0.4 is 21.3 Å². The summed E-state index contributed by atoms with van der Waals surface area (Å²) in [6, 6.07) is 2.36. The third-order valence-electron chi connectivity index (χ3n) is 6.30. The number of fused-ring (bicyclic) bond motifs is 1. The molecule has 0 aromatic heterocycles. The summed E-state index contributed by atoms with van der Waals surface area (Å²) in [5.74, 6) is -0.995. The van der Waals surface area contributed by atoms with Gasteiger partial charge in [0.1, 0.15) is 11.9 Å². The molecule has 162 valence electrons. The number of hydrogen-bond acceptors (Lipinski definition) is 6. The summed E-state index contributed by atoms with van der Waals surface area (Å²) in [5, 5.41) is 5.62. The lowest BCUT2D eigenvalue weighted by Gasteiger charge is -2.34. The number of benzene rings is 1. The van der Waals surface area contributed by atoms with Crippen LogP contribution in [0.2, 0.25) is 0 Å². The van der Waals surface area contributed by atoms with Gasteiger partial charge in [-0.3, -0.25) is 19.7 Å². The number of nitrogens with zero attached hydrogens (tertiary/aromatic N) is 2. The molecule has 8 nitrogen and oxygen atoms in total. The molecule has 2 saturated heterocycles. The maximum absolute atomic E-state index is 14.9. The van der Waals surface area contributed by atoms with E-state index in [1.54, 1.807) is 6.07 Å². The van der Waals surface area contributed by atoms with Crippen LogP contribution in [0.25, 0.3) is 0 Å². The van der Waals surface area contributed by atoms with E-state index in [9.17, 15) is 18.8 Å². The SMILES string of the molecule is NCCNCC1CCN(c2cc3c(cc2F)C(=O)N(C2CCC(=O)NC2=O)C3)CC1. The molecule has 4 rings (SSSR count). The zero-order valence-electron chi connectivity index (χ0n) is 17.0. The fourth-order valence-corrected chi connectivity index (χ4v) is 4.60. The van der Waals surface area contributed by atoms with E-state index in [0.29, 0.717) is 30.1 Å². The Balaban J connectivity index is 1.44. The molecule has 9 heteroatoms. The minimum atomic E-state index is -0.689. The first-order valence-electron chi connectivity index (χ1n) is 10.6. The second-order valence-corrected chi connectivity index (χ2v) is 8.28. The van der Waals surface area contributed by atoms with E-state index in [0.717, 1.165) is 44.6 Å². The van der Waals surface area contributed by atoms with Crippen molar-refractivity contribution in [3.63, 3.8) is 0 Å². The molecule has 30 heavy (non-hydrogen) atoms. The van der Waals surface area contributed by atoms with Crippen molar-refractivity contribution in [2.45, 2.75) is 38.3 Å². The van der Waals surface area contributed by atoms with Crippen molar-refractivity contribution in [3.05, 3.63) is 29.1 Å². The number of nitrogens with two attached hydrogens (primary N) is 1. The number of amides is 3. The van der Waals surface area contributed by atoms with E-state index in [2.05, 4.69) is 10.6 Å². The van der Waals surface area contributed by atoms with Crippen molar-refractivity contribution in [3.8, 4) is 0 Å². The molecule has 0 aliphatic carbocycles. The van der Waals surface area contributed by atoms with E-state index in [-0.39, 0.29) is 24.8 Å². The van der Waals surface area contributed by atoms with Gasteiger partial charge in [0.15, 0.2) is 0 Å². The third kappa shape index (κ3) is 4.04. The highest BCUT2D eigenvalue weighted by molar-refractivity contribution is 6.05. The van der Waals surface area contributed by atoms with Crippen LogP contribution in [0.3, 0.4) is 0 Å². The second kappa shape index (κ2) is 8.69. The number of nitrogens with one attached hydrogen (secondary N) is 2.